The molecule has 2 N–H and O–H groups in total. The van der Waals surface area contributed by atoms with Crippen LogP contribution in [0, 0.1) is 0 Å². The number of phosphoric ester groups is 1. The fourth-order valence-corrected chi connectivity index (χ4v) is 11.0. The second kappa shape index (κ2) is 55.3. The van der Waals surface area contributed by atoms with Gasteiger partial charge in [-0.1, -0.05) is 328 Å². The Labute approximate surface area is 450 Å². The minimum absolute atomic E-state index is 0.0169. The molecule has 0 aliphatic carbocycles. The first kappa shape index (κ1) is 71.5. The third kappa shape index (κ3) is 57.2. The van der Waals surface area contributed by atoms with Crippen LogP contribution in [-0.4, -0.2) is 68.5 Å². The zero-order valence-electron chi connectivity index (χ0n) is 49.4. The average molecular weight is 1040 g/mol. The molecule has 9 heteroatoms. The first-order chi connectivity index (χ1) is 35.0. The lowest BCUT2D eigenvalue weighted by atomic mass is 10.0. The average Bonchev–Trinajstić information content (AvgIpc) is 3.34. The van der Waals surface area contributed by atoms with Crippen LogP contribution in [0.5, 0.6) is 0 Å². The van der Waals surface area contributed by atoms with E-state index in [0.717, 1.165) is 38.5 Å². The van der Waals surface area contributed by atoms with Gasteiger partial charge in [-0.05, 0) is 12.8 Å². The Bertz CT molecular complexity index is 1140. The number of unbranched alkanes of at least 4 members (excludes halogenated alkanes) is 48. The van der Waals surface area contributed by atoms with E-state index in [4.69, 9.17) is 9.05 Å². The Kier molecular flexibility index (Phi) is 54.9. The van der Waals surface area contributed by atoms with Crippen molar-refractivity contribution in [2.45, 2.75) is 360 Å². The number of hydrogen-bond donors (Lipinski definition) is 2. The van der Waals surface area contributed by atoms with E-state index in [2.05, 4.69) is 19.2 Å². The summed E-state index contributed by atoms with van der Waals surface area (Å²) in [6.45, 7) is 4.79. The molecule has 3 unspecified atom stereocenters. The van der Waals surface area contributed by atoms with E-state index in [1.165, 1.54) is 283 Å². The summed E-state index contributed by atoms with van der Waals surface area (Å²) in [6, 6.07) is -0.796. The highest BCUT2D eigenvalue weighted by Gasteiger charge is 2.24. The van der Waals surface area contributed by atoms with Crippen LogP contribution in [0.2, 0.25) is 0 Å². The van der Waals surface area contributed by atoms with E-state index in [1.807, 2.05) is 21.1 Å². The number of nitrogens with zero attached hydrogens (tertiary/aromatic N) is 1. The van der Waals surface area contributed by atoms with Gasteiger partial charge in [0.15, 0.2) is 0 Å². The van der Waals surface area contributed by atoms with Gasteiger partial charge in [0.25, 0.3) is 7.82 Å². The molecule has 8 nitrogen and oxygen atoms in total. The number of quaternary nitrogens is 1. The predicted molar refractivity (Wildman–Crippen MR) is 312 cm³/mol. The van der Waals surface area contributed by atoms with Crippen LogP contribution in [-0.2, 0) is 18.4 Å². The maximum atomic E-state index is 13.0. The van der Waals surface area contributed by atoms with Crippen LogP contribution in [0.15, 0.2) is 0 Å². The van der Waals surface area contributed by atoms with Crippen molar-refractivity contribution < 1.29 is 32.9 Å². The van der Waals surface area contributed by atoms with Crippen LogP contribution < -0.4 is 10.2 Å². The number of likely N-dealkylation sites (N-methyl/N-ethyl adjacent to an activating group) is 1. The molecule has 0 aromatic carbocycles. The zero-order chi connectivity index (χ0) is 52.7. The smallest absolute Gasteiger partial charge is 0.268 e. The first-order valence-electron chi connectivity index (χ1n) is 32.4. The van der Waals surface area contributed by atoms with E-state index in [1.54, 1.807) is 0 Å². The molecule has 1 amide bonds. The van der Waals surface area contributed by atoms with Crippen molar-refractivity contribution in [1.82, 2.24) is 5.32 Å². The van der Waals surface area contributed by atoms with E-state index in [-0.39, 0.29) is 19.1 Å². The molecule has 0 aliphatic heterocycles. The highest BCUT2D eigenvalue weighted by molar-refractivity contribution is 7.45. The van der Waals surface area contributed by atoms with Gasteiger partial charge < -0.3 is 28.8 Å². The summed E-state index contributed by atoms with van der Waals surface area (Å²) in [5.74, 6) is -0.155. The van der Waals surface area contributed by atoms with Crippen molar-refractivity contribution in [1.29, 1.82) is 0 Å². The van der Waals surface area contributed by atoms with Crippen LogP contribution in [0.1, 0.15) is 348 Å². The lowest BCUT2D eigenvalue weighted by Gasteiger charge is -2.30. The number of carbonyl (C=O) groups is 1. The van der Waals surface area contributed by atoms with Crippen molar-refractivity contribution in [3.05, 3.63) is 0 Å². The summed E-state index contributed by atoms with van der Waals surface area (Å²) in [5.41, 5.74) is 0. The van der Waals surface area contributed by atoms with Crippen molar-refractivity contribution in [2.24, 2.45) is 0 Å². The predicted octanol–water partition coefficient (Wildman–Crippen LogP) is 19.4. The quantitative estimate of drug-likeness (QED) is 0.0357. The maximum absolute atomic E-state index is 13.0. The summed E-state index contributed by atoms with van der Waals surface area (Å²) in [7, 11) is 1.33. The fraction of sp³-hybridized carbons (Fsp3) is 0.984. The number of phosphoric acid groups is 1. The Morgan fingerprint density at radius 1 is 0.431 bits per heavy atom. The molecular formula is C63H129N2O6P. The SMILES string of the molecule is CCCCCCCCCCCCCCCCCCCCCCCCCCCCCC(O)C(COP(=O)([O-])OCC[N+](C)(C)C)NC(=O)CCCCCCCCCCCCCCCCCCCCCCCCC. The maximum Gasteiger partial charge on any atom is 0.268 e. The zero-order valence-corrected chi connectivity index (χ0v) is 50.3. The van der Waals surface area contributed by atoms with Gasteiger partial charge in [0.05, 0.1) is 39.9 Å². The lowest BCUT2D eigenvalue weighted by molar-refractivity contribution is -0.870. The van der Waals surface area contributed by atoms with Gasteiger partial charge in [-0.15, -0.1) is 0 Å². The third-order valence-corrected chi connectivity index (χ3v) is 16.3. The molecule has 0 spiro atoms. The van der Waals surface area contributed by atoms with Crippen molar-refractivity contribution in [3.63, 3.8) is 0 Å². The molecule has 72 heavy (non-hydrogen) atoms. The molecule has 0 saturated carbocycles. The minimum atomic E-state index is -4.57. The normalized spacial score (nSPS) is 13.7. The highest BCUT2D eigenvalue weighted by Crippen LogP contribution is 2.38. The molecule has 0 aromatic heterocycles. The molecule has 0 aromatic rings. The molecule has 3 atom stereocenters. The third-order valence-electron chi connectivity index (χ3n) is 15.3. The summed E-state index contributed by atoms with van der Waals surface area (Å²) in [6.07, 6.45) is 67.3. The molecular weight excluding hydrogens is 912 g/mol. The van der Waals surface area contributed by atoms with Crippen molar-refractivity contribution in [3.8, 4) is 0 Å². The minimum Gasteiger partial charge on any atom is -0.756 e. The number of amides is 1. The highest BCUT2D eigenvalue weighted by atomic mass is 31.2. The monoisotopic (exact) mass is 1040 g/mol. The first-order valence-corrected chi connectivity index (χ1v) is 33.8. The van der Waals surface area contributed by atoms with Gasteiger partial charge in [0.1, 0.15) is 13.2 Å². The number of aliphatic hydroxyl groups is 1. The Hall–Kier alpha value is -0.500. The standard InChI is InChI=1S/C63H129N2O6P/c1-6-8-10-12-14-16-18-20-22-24-26-28-30-31-32-33-35-36-38-40-42-44-46-48-50-52-54-56-62(66)61(60-71-72(68,69)70-59-58-65(3,4)5)64-63(67)57-55-53-51-49-47-45-43-41-39-37-34-29-27-25-23-21-19-17-15-13-11-9-7-2/h61-62,66H,6-60H2,1-5H3,(H-,64,67,68,69). The summed E-state index contributed by atoms with van der Waals surface area (Å²) < 4.78 is 23.5. The largest absolute Gasteiger partial charge is 0.756 e. The van der Waals surface area contributed by atoms with Crippen LogP contribution in [0.3, 0.4) is 0 Å². The number of nitrogens with one attached hydrogen (secondary N) is 1. The van der Waals surface area contributed by atoms with Crippen LogP contribution in [0.4, 0.5) is 0 Å². The molecule has 432 valence electrons. The second-order valence-corrected chi connectivity index (χ2v) is 25.3. The van der Waals surface area contributed by atoms with E-state index < -0.39 is 20.0 Å². The molecule has 0 bridgehead atoms. The van der Waals surface area contributed by atoms with Gasteiger partial charge in [-0.3, -0.25) is 9.36 Å². The van der Waals surface area contributed by atoms with E-state index in [0.29, 0.717) is 23.9 Å². The summed E-state index contributed by atoms with van der Waals surface area (Å²) >= 11 is 0. The summed E-state index contributed by atoms with van der Waals surface area (Å²) in [5, 5.41) is 14.1. The fourth-order valence-electron chi connectivity index (χ4n) is 10.3. The van der Waals surface area contributed by atoms with Gasteiger partial charge in [0.2, 0.25) is 5.91 Å². The topological polar surface area (TPSA) is 108 Å². The second-order valence-electron chi connectivity index (χ2n) is 23.8. The number of rotatable bonds is 61. The molecule has 0 fully saturated rings. The molecule has 0 radical (unpaired) electrons. The van der Waals surface area contributed by atoms with Gasteiger partial charge in [-0.25, -0.2) is 0 Å². The van der Waals surface area contributed by atoms with Gasteiger partial charge in [-0.2, -0.15) is 0 Å². The molecule has 0 heterocycles. The van der Waals surface area contributed by atoms with Gasteiger partial charge >= 0.3 is 0 Å². The van der Waals surface area contributed by atoms with Gasteiger partial charge in [0, 0.05) is 6.42 Å². The Morgan fingerprint density at radius 3 is 0.944 bits per heavy atom. The van der Waals surface area contributed by atoms with Crippen LogP contribution >= 0.6 is 7.82 Å². The summed E-state index contributed by atoms with van der Waals surface area (Å²) in [4.78, 5) is 25.6. The lowest BCUT2D eigenvalue weighted by Crippen LogP contribution is -2.46. The van der Waals surface area contributed by atoms with Crippen molar-refractivity contribution >= 4 is 13.7 Å². The van der Waals surface area contributed by atoms with Crippen molar-refractivity contribution in [2.75, 3.05) is 40.9 Å². The molecule has 0 saturated heterocycles. The number of carbonyl (C=O) groups excluding carboxylic acids is 1. The molecule has 0 aliphatic rings. The van der Waals surface area contributed by atoms with Crippen LogP contribution in [0.25, 0.3) is 0 Å². The Balaban J connectivity index is 4.04. The van der Waals surface area contributed by atoms with E-state index >= 15 is 0 Å². The molecule has 0 rings (SSSR count). The van der Waals surface area contributed by atoms with E-state index in [9.17, 15) is 19.4 Å². The number of aliphatic hydroxyl groups excluding tert-OH is 1. The number of hydrogen-bond acceptors (Lipinski definition) is 6. The Morgan fingerprint density at radius 2 is 0.681 bits per heavy atom.